The van der Waals surface area contributed by atoms with Gasteiger partial charge in [0, 0.05) is 35.4 Å². The highest BCUT2D eigenvalue weighted by Crippen LogP contribution is 2.08. The van der Waals surface area contributed by atoms with E-state index in [2.05, 4.69) is 5.32 Å². The smallest absolute Gasteiger partial charge is 0.336 e. The number of rotatable bonds is 6. The molecule has 0 saturated heterocycles. The van der Waals surface area contributed by atoms with E-state index >= 15 is 0 Å². The summed E-state index contributed by atoms with van der Waals surface area (Å²) < 4.78 is 11.1. The van der Waals surface area contributed by atoms with Gasteiger partial charge in [-0.25, -0.2) is 4.79 Å². The molecule has 0 radical (unpaired) electrons. The minimum Gasteiger partial charge on any atom is -0.478 e. The fourth-order valence-corrected chi connectivity index (χ4v) is 1.76. The Kier molecular flexibility index (Phi) is 5.31. The van der Waals surface area contributed by atoms with E-state index in [9.17, 15) is 9.00 Å². The average Bonchev–Trinajstić information content (AvgIpc) is 2.29. The van der Waals surface area contributed by atoms with Crippen LogP contribution in [0.5, 0.6) is 0 Å². The van der Waals surface area contributed by atoms with Gasteiger partial charge in [-0.2, -0.15) is 0 Å². The van der Waals surface area contributed by atoms with Crippen molar-refractivity contribution in [3.63, 3.8) is 0 Å². The Labute approximate surface area is 104 Å². The Hall–Kier alpha value is -1.20. The standard InChI is InChI=1S/C12H17NO3S/c1-9(17(2)16)7-13-8-10-5-3-4-6-11(10)12(14)15/h3-6,9,13H,7-8H2,1-2H3,(H,14,15). The molecule has 1 rings (SSSR count). The summed E-state index contributed by atoms with van der Waals surface area (Å²) in [7, 11) is -0.861. The average molecular weight is 255 g/mol. The Morgan fingerprint density at radius 2 is 2.12 bits per heavy atom. The minimum absolute atomic E-state index is 0.0620. The summed E-state index contributed by atoms with van der Waals surface area (Å²) in [6.45, 7) is 2.98. The number of carboxylic acid groups (broad SMARTS) is 1. The lowest BCUT2D eigenvalue weighted by atomic mass is 10.1. The van der Waals surface area contributed by atoms with Crippen molar-refractivity contribution in [3.8, 4) is 0 Å². The van der Waals surface area contributed by atoms with Crippen molar-refractivity contribution in [1.82, 2.24) is 5.32 Å². The maximum Gasteiger partial charge on any atom is 0.336 e. The van der Waals surface area contributed by atoms with Gasteiger partial charge in [-0.05, 0) is 18.6 Å². The van der Waals surface area contributed by atoms with Crippen molar-refractivity contribution in [2.24, 2.45) is 0 Å². The van der Waals surface area contributed by atoms with Crippen LogP contribution in [0, 0.1) is 0 Å². The van der Waals surface area contributed by atoms with Crippen LogP contribution < -0.4 is 5.32 Å². The molecule has 0 fully saturated rings. The number of benzene rings is 1. The molecule has 0 aliphatic carbocycles. The highest BCUT2D eigenvalue weighted by molar-refractivity contribution is 7.84. The van der Waals surface area contributed by atoms with Crippen molar-refractivity contribution in [2.75, 3.05) is 12.8 Å². The minimum atomic E-state index is -0.922. The van der Waals surface area contributed by atoms with Crippen LogP contribution in [0.3, 0.4) is 0 Å². The first-order chi connectivity index (χ1) is 8.02. The number of nitrogens with one attached hydrogen (secondary N) is 1. The molecule has 0 aliphatic heterocycles. The fourth-order valence-electron chi connectivity index (χ4n) is 1.41. The third-order valence-corrected chi connectivity index (χ3v) is 3.86. The second-order valence-electron chi connectivity index (χ2n) is 3.90. The molecule has 17 heavy (non-hydrogen) atoms. The van der Waals surface area contributed by atoms with Gasteiger partial charge in [-0.1, -0.05) is 18.2 Å². The molecule has 1 aromatic rings. The van der Waals surface area contributed by atoms with Gasteiger partial charge < -0.3 is 10.4 Å². The van der Waals surface area contributed by atoms with E-state index in [1.807, 2.05) is 13.0 Å². The molecule has 0 amide bonds. The summed E-state index contributed by atoms with van der Waals surface area (Å²) in [4.78, 5) is 11.0. The normalized spacial score (nSPS) is 14.2. The van der Waals surface area contributed by atoms with Gasteiger partial charge in [-0.3, -0.25) is 4.21 Å². The molecule has 2 N–H and O–H groups in total. The lowest BCUT2D eigenvalue weighted by Crippen LogP contribution is -2.27. The Balaban J connectivity index is 2.58. The second kappa shape index (κ2) is 6.51. The number of aromatic carboxylic acids is 1. The van der Waals surface area contributed by atoms with Gasteiger partial charge in [0.2, 0.25) is 0 Å². The van der Waals surface area contributed by atoms with E-state index in [4.69, 9.17) is 5.11 Å². The molecule has 0 saturated carbocycles. The summed E-state index contributed by atoms with van der Waals surface area (Å²) in [6, 6.07) is 6.88. The maximum atomic E-state index is 11.1. The summed E-state index contributed by atoms with van der Waals surface area (Å²) >= 11 is 0. The zero-order valence-corrected chi connectivity index (χ0v) is 10.8. The van der Waals surface area contributed by atoms with Gasteiger partial charge in [0.15, 0.2) is 0 Å². The number of carboxylic acids is 1. The first-order valence-corrected chi connectivity index (χ1v) is 6.98. The summed E-state index contributed by atoms with van der Waals surface area (Å²) in [5, 5.41) is 12.2. The predicted octanol–water partition coefficient (Wildman–Crippen LogP) is 1.24. The third kappa shape index (κ3) is 4.28. The van der Waals surface area contributed by atoms with Crippen molar-refractivity contribution in [1.29, 1.82) is 0 Å². The van der Waals surface area contributed by atoms with E-state index in [1.165, 1.54) is 0 Å². The highest BCUT2D eigenvalue weighted by atomic mass is 32.2. The van der Waals surface area contributed by atoms with Crippen LogP contribution in [0.4, 0.5) is 0 Å². The maximum absolute atomic E-state index is 11.1. The van der Waals surface area contributed by atoms with Crippen LogP contribution in [0.1, 0.15) is 22.8 Å². The van der Waals surface area contributed by atoms with E-state index in [1.54, 1.807) is 24.5 Å². The number of hydrogen-bond donors (Lipinski definition) is 2. The molecular weight excluding hydrogens is 238 g/mol. The van der Waals surface area contributed by atoms with Gasteiger partial charge in [0.25, 0.3) is 0 Å². The second-order valence-corrected chi connectivity index (χ2v) is 5.70. The molecular formula is C12H17NO3S. The van der Waals surface area contributed by atoms with Crippen LogP contribution in [0.2, 0.25) is 0 Å². The van der Waals surface area contributed by atoms with Crippen LogP contribution in [0.25, 0.3) is 0 Å². The van der Waals surface area contributed by atoms with Crippen LogP contribution in [-0.4, -0.2) is 33.3 Å². The van der Waals surface area contributed by atoms with Crippen molar-refractivity contribution in [2.45, 2.75) is 18.7 Å². The zero-order chi connectivity index (χ0) is 12.8. The molecule has 0 bridgehead atoms. The van der Waals surface area contributed by atoms with Gasteiger partial charge >= 0.3 is 5.97 Å². The monoisotopic (exact) mass is 255 g/mol. The van der Waals surface area contributed by atoms with Crippen LogP contribution >= 0.6 is 0 Å². The van der Waals surface area contributed by atoms with Gasteiger partial charge in [0.1, 0.15) is 0 Å². The lowest BCUT2D eigenvalue weighted by Gasteiger charge is -2.11. The highest BCUT2D eigenvalue weighted by Gasteiger charge is 2.09. The Bertz CT molecular complexity index is 420. The van der Waals surface area contributed by atoms with Crippen molar-refractivity contribution < 1.29 is 14.1 Å². The number of carbonyl (C=O) groups is 1. The Morgan fingerprint density at radius 1 is 1.47 bits per heavy atom. The van der Waals surface area contributed by atoms with Crippen molar-refractivity contribution >= 4 is 16.8 Å². The zero-order valence-electron chi connectivity index (χ0n) is 9.97. The molecule has 94 valence electrons. The van der Waals surface area contributed by atoms with Gasteiger partial charge in [-0.15, -0.1) is 0 Å². The van der Waals surface area contributed by atoms with Crippen LogP contribution in [-0.2, 0) is 17.3 Å². The van der Waals surface area contributed by atoms with E-state index in [-0.39, 0.29) is 5.25 Å². The van der Waals surface area contributed by atoms with E-state index in [0.29, 0.717) is 18.7 Å². The molecule has 5 heteroatoms. The van der Waals surface area contributed by atoms with Gasteiger partial charge in [0.05, 0.1) is 5.56 Å². The topological polar surface area (TPSA) is 66.4 Å². The fraction of sp³-hybridized carbons (Fsp3) is 0.417. The molecule has 1 aromatic carbocycles. The SMILES string of the molecule is CC(CNCc1ccccc1C(=O)O)S(C)=O. The third-order valence-electron chi connectivity index (χ3n) is 2.56. The predicted molar refractivity (Wildman–Crippen MR) is 68.6 cm³/mol. The molecule has 2 unspecified atom stereocenters. The molecule has 0 aliphatic rings. The molecule has 4 nitrogen and oxygen atoms in total. The molecule has 0 spiro atoms. The van der Waals surface area contributed by atoms with Crippen LogP contribution in [0.15, 0.2) is 24.3 Å². The molecule has 2 atom stereocenters. The quantitative estimate of drug-likeness (QED) is 0.802. The summed E-state index contributed by atoms with van der Waals surface area (Å²) in [6.07, 6.45) is 1.66. The largest absolute Gasteiger partial charge is 0.478 e. The van der Waals surface area contributed by atoms with E-state index < -0.39 is 16.8 Å². The molecule has 0 aromatic heterocycles. The Morgan fingerprint density at radius 3 is 2.71 bits per heavy atom. The number of hydrogen-bond acceptors (Lipinski definition) is 3. The summed E-state index contributed by atoms with van der Waals surface area (Å²) in [5.74, 6) is -0.922. The first-order valence-electron chi connectivity index (χ1n) is 5.36. The summed E-state index contributed by atoms with van der Waals surface area (Å²) in [5.41, 5.74) is 1.05. The molecule has 0 heterocycles. The van der Waals surface area contributed by atoms with E-state index in [0.717, 1.165) is 5.56 Å². The lowest BCUT2D eigenvalue weighted by molar-refractivity contribution is 0.0695. The first kappa shape index (κ1) is 13.9. The van der Waals surface area contributed by atoms with Crippen molar-refractivity contribution in [3.05, 3.63) is 35.4 Å².